The highest BCUT2D eigenvalue weighted by molar-refractivity contribution is 7.13. The van der Waals surface area contributed by atoms with Gasteiger partial charge in [-0.1, -0.05) is 23.4 Å². The quantitative estimate of drug-likeness (QED) is 0.724. The van der Waals surface area contributed by atoms with E-state index in [4.69, 9.17) is 9.26 Å². The lowest BCUT2D eigenvalue weighted by atomic mass is 10.1. The molecule has 1 fully saturated rings. The van der Waals surface area contributed by atoms with Crippen molar-refractivity contribution in [3.8, 4) is 10.7 Å². The van der Waals surface area contributed by atoms with E-state index in [0.29, 0.717) is 31.4 Å². The fourth-order valence-electron chi connectivity index (χ4n) is 2.74. The number of halogens is 1. The first kappa shape index (κ1) is 15.4. The minimum absolute atomic E-state index is 0.0703. The largest absolute Gasteiger partial charge is 0.371 e. The van der Waals surface area contributed by atoms with Crippen LogP contribution in [-0.4, -0.2) is 34.7 Å². The van der Waals surface area contributed by atoms with E-state index in [0.717, 1.165) is 17.0 Å². The van der Waals surface area contributed by atoms with Crippen molar-refractivity contribution in [1.29, 1.82) is 0 Å². The molecule has 5 nitrogen and oxygen atoms in total. The predicted octanol–water partition coefficient (Wildman–Crippen LogP) is 3.51. The maximum atomic E-state index is 13.1. The SMILES string of the molecule is Fc1ccc(C2CN(Cc3nc(-c4cccs4)no3)CCO2)cc1. The zero-order valence-corrected chi connectivity index (χ0v) is 13.7. The van der Waals surface area contributed by atoms with Gasteiger partial charge in [0, 0.05) is 13.1 Å². The molecule has 24 heavy (non-hydrogen) atoms. The standard InChI is InChI=1S/C17H16FN3O2S/c18-13-5-3-12(4-6-13)14-10-21(7-8-22-14)11-16-19-17(20-23-16)15-2-1-9-24-15/h1-6,9,14H,7-8,10-11H2. The number of thiophene rings is 1. The van der Waals surface area contributed by atoms with Crippen LogP contribution >= 0.6 is 11.3 Å². The summed E-state index contributed by atoms with van der Waals surface area (Å²) >= 11 is 1.58. The van der Waals surface area contributed by atoms with Gasteiger partial charge in [-0.3, -0.25) is 4.90 Å². The number of ether oxygens (including phenoxy) is 1. The van der Waals surface area contributed by atoms with E-state index >= 15 is 0 Å². The van der Waals surface area contributed by atoms with Gasteiger partial charge in [0.25, 0.3) is 0 Å². The molecule has 3 aromatic rings. The van der Waals surface area contributed by atoms with Gasteiger partial charge in [-0.2, -0.15) is 4.98 Å². The first-order valence-corrected chi connectivity index (χ1v) is 8.62. The topological polar surface area (TPSA) is 51.4 Å². The van der Waals surface area contributed by atoms with E-state index in [1.165, 1.54) is 12.1 Å². The number of aromatic nitrogens is 2. The zero-order valence-electron chi connectivity index (χ0n) is 12.9. The lowest BCUT2D eigenvalue weighted by molar-refractivity contribution is -0.0356. The summed E-state index contributed by atoms with van der Waals surface area (Å²) in [5.74, 6) is 0.986. The van der Waals surface area contributed by atoms with E-state index in [9.17, 15) is 4.39 Å². The molecule has 0 radical (unpaired) electrons. The van der Waals surface area contributed by atoms with Crippen LogP contribution in [0.1, 0.15) is 17.6 Å². The number of hydrogen-bond donors (Lipinski definition) is 0. The van der Waals surface area contributed by atoms with Gasteiger partial charge < -0.3 is 9.26 Å². The highest BCUT2D eigenvalue weighted by atomic mass is 32.1. The molecule has 4 rings (SSSR count). The van der Waals surface area contributed by atoms with Crippen LogP contribution in [0.5, 0.6) is 0 Å². The third-order valence-corrected chi connectivity index (χ3v) is 4.83. The first-order valence-electron chi connectivity index (χ1n) is 7.74. The Bertz CT molecular complexity index is 789. The smallest absolute Gasteiger partial charge is 0.241 e. The molecule has 1 unspecified atom stereocenters. The summed E-state index contributed by atoms with van der Waals surface area (Å²) in [6, 6.07) is 10.4. The van der Waals surface area contributed by atoms with Gasteiger partial charge in [-0.15, -0.1) is 11.3 Å². The Balaban J connectivity index is 1.42. The predicted molar refractivity (Wildman–Crippen MR) is 88.0 cm³/mol. The molecule has 0 N–H and O–H groups in total. The number of benzene rings is 1. The molecule has 1 atom stereocenters. The van der Waals surface area contributed by atoms with Gasteiger partial charge >= 0.3 is 0 Å². The van der Waals surface area contributed by atoms with Gasteiger partial charge in [0.2, 0.25) is 11.7 Å². The lowest BCUT2D eigenvalue weighted by Crippen LogP contribution is -2.37. The second-order valence-corrected chi connectivity index (χ2v) is 6.58. The van der Waals surface area contributed by atoms with Crippen molar-refractivity contribution < 1.29 is 13.7 Å². The van der Waals surface area contributed by atoms with Crippen LogP contribution in [0.2, 0.25) is 0 Å². The van der Waals surface area contributed by atoms with Crippen molar-refractivity contribution in [3.05, 3.63) is 59.0 Å². The molecule has 1 aromatic carbocycles. The Hall–Kier alpha value is -2.09. The van der Waals surface area contributed by atoms with Crippen LogP contribution in [-0.2, 0) is 11.3 Å². The molecule has 1 aliphatic heterocycles. The summed E-state index contributed by atoms with van der Waals surface area (Å²) in [5.41, 5.74) is 0.978. The second-order valence-electron chi connectivity index (χ2n) is 5.64. The molecule has 1 saturated heterocycles. The summed E-state index contributed by atoms with van der Waals surface area (Å²) in [7, 11) is 0. The fourth-order valence-corrected chi connectivity index (χ4v) is 3.39. The normalized spacial score (nSPS) is 18.8. The number of hydrogen-bond acceptors (Lipinski definition) is 6. The summed E-state index contributed by atoms with van der Waals surface area (Å²) in [6.07, 6.45) is -0.0703. The maximum Gasteiger partial charge on any atom is 0.241 e. The summed E-state index contributed by atoms with van der Waals surface area (Å²) in [6.45, 7) is 2.71. The molecule has 0 spiro atoms. The van der Waals surface area contributed by atoms with Crippen LogP contribution < -0.4 is 0 Å². The van der Waals surface area contributed by atoms with E-state index in [1.54, 1.807) is 23.5 Å². The fraction of sp³-hybridized carbons (Fsp3) is 0.294. The Labute approximate surface area is 142 Å². The average Bonchev–Trinajstić information content (AvgIpc) is 3.27. The molecule has 0 aliphatic carbocycles. The van der Waals surface area contributed by atoms with Crippen LogP contribution in [0.4, 0.5) is 4.39 Å². The summed E-state index contributed by atoms with van der Waals surface area (Å²) in [5, 5.41) is 6.02. The molecule has 7 heteroatoms. The highest BCUT2D eigenvalue weighted by Gasteiger charge is 2.23. The van der Waals surface area contributed by atoms with Crippen molar-refractivity contribution in [1.82, 2.24) is 15.0 Å². The van der Waals surface area contributed by atoms with Crippen LogP contribution in [0.25, 0.3) is 10.7 Å². The summed E-state index contributed by atoms with van der Waals surface area (Å²) < 4.78 is 24.2. The molecule has 3 heterocycles. The van der Waals surface area contributed by atoms with Gasteiger partial charge in [-0.05, 0) is 29.1 Å². The van der Waals surface area contributed by atoms with E-state index in [1.807, 2.05) is 17.5 Å². The minimum atomic E-state index is -0.238. The third-order valence-electron chi connectivity index (χ3n) is 3.96. The third kappa shape index (κ3) is 3.38. The van der Waals surface area contributed by atoms with Crippen molar-refractivity contribution in [2.75, 3.05) is 19.7 Å². The monoisotopic (exact) mass is 345 g/mol. The van der Waals surface area contributed by atoms with Gasteiger partial charge in [0.05, 0.1) is 24.1 Å². The Morgan fingerprint density at radius 3 is 2.92 bits per heavy atom. The number of nitrogens with zero attached hydrogens (tertiary/aromatic N) is 3. The molecular weight excluding hydrogens is 329 g/mol. The molecule has 0 bridgehead atoms. The minimum Gasteiger partial charge on any atom is -0.371 e. The molecular formula is C17H16FN3O2S. The zero-order chi connectivity index (χ0) is 16.4. The molecule has 0 amide bonds. The summed E-state index contributed by atoms with van der Waals surface area (Å²) in [4.78, 5) is 7.66. The Morgan fingerprint density at radius 2 is 2.12 bits per heavy atom. The van der Waals surface area contributed by atoms with Crippen LogP contribution in [0, 0.1) is 5.82 Å². The average molecular weight is 345 g/mol. The van der Waals surface area contributed by atoms with Crippen LogP contribution in [0.15, 0.2) is 46.3 Å². The number of morpholine rings is 1. The van der Waals surface area contributed by atoms with E-state index < -0.39 is 0 Å². The van der Waals surface area contributed by atoms with Crippen molar-refractivity contribution in [3.63, 3.8) is 0 Å². The van der Waals surface area contributed by atoms with Crippen molar-refractivity contribution in [2.24, 2.45) is 0 Å². The molecule has 2 aromatic heterocycles. The van der Waals surface area contributed by atoms with Gasteiger partial charge in [0.15, 0.2) is 0 Å². The second kappa shape index (κ2) is 6.80. The van der Waals surface area contributed by atoms with Crippen molar-refractivity contribution in [2.45, 2.75) is 12.6 Å². The molecule has 0 saturated carbocycles. The van der Waals surface area contributed by atoms with Crippen molar-refractivity contribution >= 4 is 11.3 Å². The number of rotatable bonds is 4. The van der Waals surface area contributed by atoms with E-state index in [2.05, 4.69) is 15.0 Å². The molecule has 124 valence electrons. The van der Waals surface area contributed by atoms with Gasteiger partial charge in [0.1, 0.15) is 5.82 Å². The maximum absolute atomic E-state index is 13.1. The van der Waals surface area contributed by atoms with Crippen LogP contribution in [0.3, 0.4) is 0 Å². The molecule has 1 aliphatic rings. The lowest BCUT2D eigenvalue weighted by Gasteiger charge is -2.32. The Kier molecular flexibility index (Phi) is 4.38. The van der Waals surface area contributed by atoms with E-state index in [-0.39, 0.29) is 11.9 Å². The highest BCUT2D eigenvalue weighted by Crippen LogP contribution is 2.25. The van der Waals surface area contributed by atoms with Gasteiger partial charge in [-0.25, -0.2) is 4.39 Å². The Morgan fingerprint density at radius 1 is 1.25 bits per heavy atom. The first-order chi connectivity index (χ1) is 11.8.